The molecule has 3 aliphatic rings. The van der Waals surface area contributed by atoms with Gasteiger partial charge >= 0.3 is 12.1 Å². The first kappa shape index (κ1) is 23.9. The zero-order valence-corrected chi connectivity index (χ0v) is 21.3. The van der Waals surface area contributed by atoms with E-state index in [0.717, 1.165) is 45.4 Å². The molecule has 0 bridgehead atoms. The van der Waals surface area contributed by atoms with Crippen molar-refractivity contribution in [1.29, 1.82) is 0 Å². The number of nitrogens with zero attached hydrogens (tertiary/aromatic N) is 2. The summed E-state index contributed by atoms with van der Waals surface area (Å²) in [4.78, 5) is 29.7. The minimum Gasteiger partial charge on any atom is -0.465 e. The number of methoxy groups -OCH3 is 1. The third-order valence-corrected chi connectivity index (χ3v) is 7.45. The number of hydrogen-bond donors (Lipinski definition) is 0. The number of hydrogen-bond acceptors (Lipinski definition) is 5. The number of amides is 1. The van der Waals surface area contributed by atoms with Crippen molar-refractivity contribution in [3.63, 3.8) is 0 Å². The van der Waals surface area contributed by atoms with Crippen LogP contribution in [0.5, 0.6) is 0 Å². The summed E-state index contributed by atoms with van der Waals surface area (Å²) in [6.07, 6.45) is 3.04. The first-order valence-corrected chi connectivity index (χ1v) is 12.6. The molecule has 2 atom stereocenters. The molecule has 35 heavy (non-hydrogen) atoms. The van der Waals surface area contributed by atoms with E-state index >= 15 is 0 Å². The number of carbonyl (C=O) groups excluding carboxylic acids is 2. The molecular formula is C29H36N2O4. The Morgan fingerprint density at radius 2 is 1.77 bits per heavy atom. The number of benzene rings is 2. The number of esters is 1. The summed E-state index contributed by atoms with van der Waals surface area (Å²) in [5, 5.41) is 0. The Morgan fingerprint density at radius 3 is 2.43 bits per heavy atom. The highest BCUT2D eigenvalue weighted by atomic mass is 16.6. The largest absolute Gasteiger partial charge is 0.465 e. The van der Waals surface area contributed by atoms with Gasteiger partial charge in [-0.25, -0.2) is 9.59 Å². The molecule has 6 heteroatoms. The van der Waals surface area contributed by atoms with Crippen LogP contribution in [0.1, 0.15) is 73.0 Å². The van der Waals surface area contributed by atoms with Crippen LogP contribution in [-0.2, 0) is 22.6 Å². The first-order chi connectivity index (χ1) is 16.7. The van der Waals surface area contributed by atoms with Gasteiger partial charge in [-0.05, 0) is 68.9 Å². The van der Waals surface area contributed by atoms with E-state index in [-0.39, 0.29) is 23.5 Å². The van der Waals surface area contributed by atoms with Gasteiger partial charge in [-0.15, -0.1) is 0 Å². The number of ether oxygens (including phenoxy) is 2. The van der Waals surface area contributed by atoms with Gasteiger partial charge in [0, 0.05) is 43.6 Å². The highest BCUT2D eigenvalue weighted by molar-refractivity contribution is 5.89. The number of carbonyl (C=O) groups is 2. The van der Waals surface area contributed by atoms with Crippen molar-refractivity contribution in [3.05, 3.63) is 70.8 Å². The van der Waals surface area contributed by atoms with Crippen LogP contribution in [0.2, 0.25) is 0 Å². The molecule has 2 aromatic carbocycles. The highest BCUT2D eigenvalue weighted by Crippen LogP contribution is 2.52. The Bertz CT molecular complexity index is 1100. The van der Waals surface area contributed by atoms with Crippen LogP contribution >= 0.6 is 0 Å². The van der Waals surface area contributed by atoms with Crippen molar-refractivity contribution in [2.45, 2.75) is 70.7 Å². The molecule has 6 nitrogen and oxygen atoms in total. The summed E-state index contributed by atoms with van der Waals surface area (Å²) in [7, 11) is 1.41. The van der Waals surface area contributed by atoms with E-state index in [4.69, 9.17) is 9.47 Å². The molecule has 0 saturated heterocycles. The zero-order valence-electron chi connectivity index (χ0n) is 21.3. The fourth-order valence-corrected chi connectivity index (χ4v) is 5.42. The summed E-state index contributed by atoms with van der Waals surface area (Å²) in [5.41, 5.74) is 3.95. The van der Waals surface area contributed by atoms with E-state index in [1.165, 1.54) is 23.8 Å². The highest BCUT2D eigenvalue weighted by Gasteiger charge is 2.52. The molecule has 2 aliphatic carbocycles. The summed E-state index contributed by atoms with van der Waals surface area (Å²) in [6.45, 7) is 9.17. The molecule has 0 aromatic heterocycles. The molecule has 1 amide bonds. The van der Waals surface area contributed by atoms with Gasteiger partial charge in [0.25, 0.3) is 0 Å². The summed E-state index contributed by atoms with van der Waals surface area (Å²) in [5.74, 6) is 0.0858. The van der Waals surface area contributed by atoms with Gasteiger partial charge in [-0.1, -0.05) is 36.4 Å². The maximum Gasteiger partial charge on any atom is 0.410 e. The molecule has 5 rings (SSSR count). The van der Waals surface area contributed by atoms with Gasteiger partial charge in [-0.3, -0.25) is 4.90 Å². The van der Waals surface area contributed by atoms with Gasteiger partial charge in [0.1, 0.15) is 5.60 Å². The van der Waals surface area contributed by atoms with E-state index in [2.05, 4.69) is 29.2 Å². The molecule has 0 spiro atoms. The average molecular weight is 477 g/mol. The fraction of sp³-hybridized carbons (Fsp3) is 0.517. The molecule has 2 fully saturated rings. The Kier molecular flexibility index (Phi) is 6.12. The maximum absolute atomic E-state index is 13.3. The zero-order chi connectivity index (χ0) is 24.8. The average Bonchev–Trinajstić information content (AvgIpc) is 3.72. The van der Waals surface area contributed by atoms with Gasteiger partial charge in [0.2, 0.25) is 0 Å². The Morgan fingerprint density at radius 1 is 1.06 bits per heavy atom. The van der Waals surface area contributed by atoms with E-state index in [1.807, 2.05) is 49.9 Å². The van der Waals surface area contributed by atoms with Gasteiger partial charge in [0.05, 0.1) is 12.7 Å². The lowest BCUT2D eigenvalue weighted by molar-refractivity contribution is 0.0170. The lowest BCUT2D eigenvalue weighted by Crippen LogP contribution is -2.44. The van der Waals surface area contributed by atoms with Crippen LogP contribution in [0.25, 0.3) is 0 Å². The minimum atomic E-state index is -0.517. The van der Waals surface area contributed by atoms with E-state index in [1.54, 1.807) is 0 Å². The monoisotopic (exact) mass is 476 g/mol. The summed E-state index contributed by atoms with van der Waals surface area (Å²) >= 11 is 0. The van der Waals surface area contributed by atoms with Crippen LogP contribution in [0, 0.1) is 5.41 Å². The molecule has 1 aliphatic heterocycles. The smallest absolute Gasteiger partial charge is 0.410 e. The number of rotatable bonds is 7. The van der Waals surface area contributed by atoms with E-state index < -0.39 is 5.60 Å². The van der Waals surface area contributed by atoms with Crippen LogP contribution in [0.15, 0.2) is 48.5 Å². The quantitative estimate of drug-likeness (QED) is 0.504. The molecule has 0 N–H and O–H groups in total. The standard InChI is InChI=1S/C29H36N2O4/c1-28(2,3)35-27(33)31(25-15-24(25)20-8-6-5-7-9-20)19-29(12-13-29)18-30-16-22-11-10-21(26(32)34-4)14-23(22)17-30/h5-11,14,24-25H,12-13,15-19H2,1-4H3/t24-,25+/m1/s1. The molecule has 1 heterocycles. The van der Waals surface area contributed by atoms with Crippen LogP contribution < -0.4 is 0 Å². The summed E-state index contributed by atoms with van der Waals surface area (Å²) in [6, 6.07) is 16.6. The fourth-order valence-electron chi connectivity index (χ4n) is 5.42. The Hall–Kier alpha value is -2.86. The van der Waals surface area contributed by atoms with Crippen molar-refractivity contribution < 1.29 is 19.1 Å². The predicted octanol–water partition coefficient (Wildman–Crippen LogP) is 5.36. The Labute approximate surface area is 208 Å². The second-order valence-electron chi connectivity index (χ2n) is 11.5. The SMILES string of the molecule is COC(=O)c1ccc2c(c1)CN(CC1(CN(C(=O)OC(C)(C)C)[C@H]3C[C@@H]3c3ccccc3)CC1)C2. The van der Waals surface area contributed by atoms with Crippen molar-refractivity contribution in [2.24, 2.45) is 5.41 Å². The van der Waals surface area contributed by atoms with Gasteiger partial charge in [0.15, 0.2) is 0 Å². The topological polar surface area (TPSA) is 59.1 Å². The van der Waals surface area contributed by atoms with Gasteiger partial charge in [-0.2, -0.15) is 0 Å². The molecule has 0 radical (unpaired) electrons. The third-order valence-electron chi connectivity index (χ3n) is 7.45. The lowest BCUT2D eigenvalue weighted by atomic mass is 10.1. The van der Waals surface area contributed by atoms with Crippen molar-refractivity contribution in [3.8, 4) is 0 Å². The third kappa shape index (κ3) is 5.37. The van der Waals surface area contributed by atoms with E-state index in [0.29, 0.717) is 11.5 Å². The van der Waals surface area contributed by atoms with Crippen molar-refractivity contribution in [2.75, 3.05) is 20.2 Å². The summed E-state index contributed by atoms with van der Waals surface area (Å²) < 4.78 is 10.7. The van der Waals surface area contributed by atoms with Gasteiger partial charge < -0.3 is 14.4 Å². The molecular weight excluding hydrogens is 440 g/mol. The first-order valence-electron chi connectivity index (χ1n) is 12.6. The minimum absolute atomic E-state index is 0.105. The Balaban J connectivity index is 1.27. The van der Waals surface area contributed by atoms with Crippen molar-refractivity contribution >= 4 is 12.1 Å². The van der Waals surface area contributed by atoms with Crippen LogP contribution in [0.3, 0.4) is 0 Å². The maximum atomic E-state index is 13.3. The molecule has 2 aromatic rings. The second-order valence-corrected chi connectivity index (χ2v) is 11.5. The van der Waals surface area contributed by atoms with Crippen molar-refractivity contribution in [1.82, 2.24) is 9.80 Å². The predicted molar refractivity (Wildman–Crippen MR) is 134 cm³/mol. The lowest BCUT2D eigenvalue weighted by Gasteiger charge is -2.32. The number of fused-ring (bicyclic) bond motifs is 1. The van der Waals surface area contributed by atoms with Crippen LogP contribution in [0.4, 0.5) is 4.79 Å². The molecule has 0 unspecified atom stereocenters. The molecule has 186 valence electrons. The van der Waals surface area contributed by atoms with E-state index in [9.17, 15) is 9.59 Å². The second kappa shape index (κ2) is 8.98. The normalized spacial score (nSPS) is 22.3. The molecule has 2 saturated carbocycles. The van der Waals surface area contributed by atoms with Crippen LogP contribution in [-0.4, -0.2) is 53.7 Å².